The van der Waals surface area contributed by atoms with E-state index in [1.807, 2.05) is 40.6 Å². The quantitative estimate of drug-likeness (QED) is 0.862. The standard InChI is InChI=1S/C20H24N2O2S/c1-14(2)12-17(21-19(23)13-16-7-5-11-25-16)20(24)22-10-9-15-6-3-4-8-18(15)22/h3-8,11,14,17H,9-10,12-13H2,1-2H3,(H,21,23)/t17-/m1/s1. The summed E-state index contributed by atoms with van der Waals surface area (Å²) in [5.74, 6) is 0.237. The van der Waals surface area contributed by atoms with E-state index in [4.69, 9.17) is 0 Å². The molecule has 2 heterocycles. The number of hydrogen-bond donors (Lipinski definition) is 1. The van der Waals surface area contributed by atoms with Gasteiger partial charge >= 0.3 is 0 Å². The van der Waals surface area contributed by atoms with Crippen molar-refractivity contribution in [2.24, 2.45) is 5.92 Å². The number of amides is 2. The molecule has 0 bridgehead atoms. The van der Waals surface area contributed by atoms with Crippen LogP contribution in [0.1, 0.15) is 30.7 Å². The predicted molar refractivity (Wildman–Crippen MR) is 102 cm³/mol. The number of benzene rings is 1. The highest BCUT2D eigenvalue weighted by molar-refractivity contribution is 7.10. The molecule has 1 aliphatic rings. The predicted octanol–water partition coefficient (Wildman–Crippen LogP) is 3.41. The third-order valence-corrected chi connectivity index (χ3v) is 5.28. The Labute approximate surface area is 152 Å². The summed E-state index contributed by atoms with van der Waals surface area (Å²) < 4.78 is 0. The fourth-order valence-electron chi connectivity index (χ4n) is 3.26. The zero-order chi connectivity index (χ0) is 17.8. The maximum absolute atomic E-state index is 13.1. The first-order valence-electron chi connectivity index (χ1n) is 8.75. The van der Waals surface area contributed by atoms with E-state index in [0.29, 0.717) is 25.3 Å². The lowest BCUT2D eigenvalue weighted by molar-refractivity contribution is -0.127. The van der Waals surface area contributed by atoms with E-state index in [-0.39, 0.29) is 11.8 Å². The molecule has 0 saturated heterocycles. The van der Waals surface area contributed by atoms with Gasteiger partial charge in [-0.1, -0.05) is 38.1 Å². The summed E-state index contributed by atoms with van der Waals surface area (Å²) in [6.07, 6.45) is 1.85. The molecule has 0 spiro atoms. The van der Waals surface area contributed by atoms with E-state index in [1.165, 1.54) is 5.56 Å². The van der Waals surface area contributed by atoms with Gasteiger partial charge in [0.1, 0.15) is 6.04 Å². The number of fused-ring (bicyclic) bond motifs is 1. The molecule has 0 fully saturated rings. The lowest BCUT2D eigenvalue weighted by Gasteiger charge is -2.26. The molecule has 1 aromatic heterocycles. The molecule has 4 nitrogen and oxygen atoms in total. The highest BCUT2D eigenvalue weighted by atomic mass is 32.1. The van der Waals surface area contributed by atoms with Gasteiger partial charge in [-0.15, -0.1) is 11.3 Å². The number of hydrogen-bond acceptors (Lipinski definition) is 3. The second-order valence-electron chi connectivity index (χ2n) is 6.87. The van der Waals surface area contributed by atoms with Gasteiger partial charge in [-0.05, 0) is 41.8 Å². The molecule has 0 saturated carbocycles. The average Bonchev–Trinajstić information content (AvgIpc) is 3.22. The lowest BCUT2D eigenvalue weighted by atomic mass is 10.0. The van der Waals surface area contributed by atoms with E-state index in [2.05, 4.69) is 25.2 Å². The Morgan fingerprint density at radius 3 is 2.72 bits per heavy atom. The van der Waals surface area contributed by atoms with Gasteiger partial charge in [0, 0.05) is 17.1 Å². The minimum Gasteiger partial charge on any atom is -0.344 e. The molecule has 3 rings (SSSR count). The normalized spacial score (nSPS) is 14.4. The molecule has 0 radical (unpaired) electrons. The van der Waals surface area contributed by atoms with Crippen LogP contribution >= 0.6 is 11.3 Å². The minimum atomic E-state index is -0.474. The highest BCUT2D eigenvalue weighted by Crippen LogP contribution is 2.28. The maximum Gasteiger partial charge on any atom is 0.249 e. The zero-order valence-electron chi connectivity index (χ0n) is 14.7. The summed E-state index contributed by atoms with van der Waals surface area (Å²) in [4.78, 5) is 28.3. The number of carbonyl (C=O) groups excluding carboxylic acids is 2. The first-order chi connectivity index (χ1) is 12.0. The third-order valence-electron chi connectivity index (χ3n) is 4.41. The van der Waals surface area contributed by atoms with Crippen LogP contribution in [-0.2, 0) is 22.4 Å². The van der Waals surface area contributed by atoms with Crippen molar-refractivity contribution in [2.75, 3.05) is 11.4 Å². The second-order valence-corrected chi connectivity index (χ2v) is 7.91. The second kappa shape index (κ2) is 7.83. The SMILES string of the molecule is CC(C)C[C@@H](NC(=O)Cc1cccs1)C(=O)N1CCc2ccccc21. The molecule has 1 atom stereocenters. The fraction of sp³-hybridized carbons (Fsp3) is 0.400. The van der Waals surface area contributed by atoms with Crippen LogP contribution in [-0.4, -0.2) is 24.4 Å². The summed E-state index contributed by atoms with van der Waals surface area (Å²) in [5.41, 5.74) is 2.18. The molecule has 25 heavy (non-hydrogen) atoms. The summed E-state index contributed by atoms with van der Waals surface area (Å²) in [5, 5.41) is 4.93. The van der Waals surface area contributed by atoms with Crippen LogP contribution in [0.2, 0.25) is 0 Å². The van der Waals surface area contributed by atoms with Crippen molar-refractivity contribution in [3.63, 3.8) is 0 Å². The molecule has 1 aliphatic heterocycles. The van der Waals surface area contributed by atoms with Gasteiger partial charge in [-0.3, -0.25) is 9.59 Å². The van der Waals surface area contributed by atoms with Crippen LogP contribution in [0.5, 0.6) is 0 Å². The van der Waals surface area contributed by atoms with Crippen LogP contribution < -0.4 is 10.2 Å². The molecule has 5 heteroatoms. The van der Waals surface area contributed by atoms with Crippen molar-refractivity contribution < 1.29 is 9.59 Å². The van der Waals surface area contributed by atoms with E-state index in [0.717, 1.165) is 17.0 Å². The molecular formula is C20H24N2O2S. The van der Waals surface area contributed by atoms with Gasteiger partial charge in [0.25, 0.3) is 0 Å². The summed E-state index contributed by atoms with van der Waals surface area (Å²) >= 11 is 1.56. The first kappa shape index (κ1) is 17.7. The third kappa shape index (κ3) is 4.28. The van der Waals surface area contributed by atoms with Gasteiger partial charge in [-0.25, -0.2) is 0 Å². The number of nitrogens with zero attached hydrogens (tertiary/aromatic N) is 1. The van der Waals surface area contributed by atoms with Crippen molar-refractivity contribution in [3.05, 3.63) is 52.2 Å². The smallest absolute Gasteiger partial charge is 0.249 e. The summed E-state index contributed by atoms with van der Waals surface area (Å²) in [7, 11) is 0. The summed E-state index contributed by atoms with van der Waals surface area (Å²) in [6, 6.07) is 11.4. The number of nitrogens with one attached hydrogen (secondary N) is 1. The van der Waals surface area contributed by atoms with Crippen molar-refractivity contribution >= 4 is 28.8 Å². The van der Waals surface area contributed by atoms with Gasteiger partial charge < -0.3 is 10.2 Å². The molecular weight excluding hydrogens is 332 g/mol. The fourth-order valence-corrected chi connectivity index (χ4v) is 3.97. The number of para-hydroxylation sites is 1. The molecule has 0 unspecified atom stereocenters. The van der Waals surface area contributed by atoms with Crippen molar-refractivity contribution in [1.29, 1.82) is 0 Å². The maximum atomic E-state index is 13.1. The zero-order valence-corrected chi connectivity index (χ0v) is 15.5. The Kier molecular flexibility index (Phi) is 5.53. The van der Waals surface area contributed by atoms with Crippen LogP contribution in [0.3, 0.4) is 0 Å². The average molecular weight is 356 g/mol. The lowest BCUT2D eigenvalue weighted by Crippen LogP contribution is -2.49. The van der Waals surface area contributed by atoms with Crippen molar-refractivity contribution in [1.82, 2.24) is 5.32 Å². The Hall–Kier alpha value is -2.14. The molecule has 1 N–H and O–H groups in total. The Bertz CT molecular complexity index is 740. The van der Waals surface area contributed by atoms with Gasteiger partial charge in [-0.2, -0.15) is 0 Å². The highest BCUT2D eigenvalue weighted by Gasteiger charge is 2.31. The Morgan fingerprint density at radius 1 is 1.20 bits per heavy atom. The molecule has 0 aliphatic carbocycles. The first-order valence-corrected chi connectivity index (χ1v) is 9.63. The molecule has 1 aromatic carbocycles. The van der Waals surface area contributed by atoms with Crippen molar-refractivity contribution in [3.8, 4) is 0 Å². The van der Waals surface area contributed by atoms with E-state index in [9.17, 15) is 9.59 Å². The molecule has 2 aromatic rings. The van der Waals surface area contributed by atoms with Crippen molar-refractivity contribution in [2.45, 2.75) is 39.2 Å². The van der Waals surface area contributed by atoms with Crippen LogP contribution in [0.15, 0.2) is 41.8 Å². The summed E-state index contributed by atoms with van der Waals surface area (Å²) in [6.45, 7) is 4.83. The van der Waals surface area contributed by atoms with Gasteiger partial charge in [0.15, 0.2) is 0 Å². The van der Waals surface area contributed by atoms with Gasteiger partial charge in [0.05, 0.1) is 6.42 Å². The van der Waals surface area contributed by atoms with Gasteiger partial charge in [0.2, 0.25) is 11.8 Å². The van der Waals surface area contributed by atoms with E-state index >= 15 is 0 Å². The van der Waals surface area contributed by atoms with Crippen LogP contribution in [0.25, 0.3) is 0 Å². The Morgan fingerprint density at radius 2 is 2.00 bits per heavy atom. The topological polar surface area (TPSA) is 49.4 Å². The van der Waals surface area contributed by atoms with Crippen LogP contribution in [0.4, 0.5) is 5.69 Å². The van der Waals surface area contributed by atoms with E-state index in [1.54, 1.807) is 11.3 Å². The largest absolute Gasteiger partial charge is 0.344 e. The number of rotatable bonds is 6. The number of thiophene rings is 1. The molecule has 132 valence electrons. The van der Waals surface area contributed by atoms with E-state index < -0.39 is 6.04 Å². The molecule has 2 amide bonds. The van der Waals surface area contributed by atoms with Crippen LogP contribution in [0, 0.1) is 5.92 Å². The number of anilines is 1. The minimum absolute atomic E-state index is 0.00169. The number of carbonyl (C=O) groups is 2. The monoisotopic (exact) mass is 356 g/mol. The Balaban J connectivity index is 1.72.